The fourth-order valence-corrected chi connectivity index (χ4v) is 4.29. The van der Waals surface area contributed by atoms with Gasteiger partial charge in [-0.3, -0.25) is 9.59 Å². The number of fused-ring (bicyclic) bond motifs is 3. The number of carbonyl (C=O) groups is 2. The van der Waals surface area contributed by atoms with Crippen LogP contribution in [0.3, 0.4) is 0 Å². The number of carbonyl (C=O) groups excluding carboxylic acids is 1. The third-order valence-electron chi connectivity index (χ3n) is 5.20. The largest absolute Gasteiger partial charge is 0.481 e. The highest BCUT2D eigenvalue weighted by Gasteiger charge is 2.44. The molecule has 3 rings (SSSR count). The summed E-state index contributed by atoms with van der Waals surface area (Å²) in [7, 11) is 0. The molecule has 0 heterocycles. The lowest BCUT2D eigenvalue weighted by atomic mass is 9.57. The molecule has 0 aromatic heterocycles. The van der Waals surface area contributed by atoms with Crippen LogP contribution < -0.4 is 0 Å². The maximum Gasteiger partial charge on any atom is 0.303 e. The topological polar surface area (TPSA) is 54.4 Å². The van der Waals surface area contributed by atoms with E-state index in [1.54, 1.807) is 6.92 Å². The van der Waals surface area contributed by atoms with Crippen LogP contribution in [0.1, 0.15) is 58.3 Å². The van der Waals surface area contributed by atoms with Gasteiger partial charge in [0.25, 0.3) is 0 Å². The van der Waals surface area contributed by atoms with E-state index in [-0.39, 0.29) is 12.3 Å². The molecule has 2 bridgehead atoms. The van der Waals surface area contributed by atoms with Crippen LogP contribution in [0.25, 0.3) is 0 Å². The zero-order chi connectivity index (χ0) is 14.5. The van der Waals surface area contributed by atoms with Crippen LogP contribution in [0.5, 0.6) is 0 Å². The molecule has 112 valence electrons. The summed E-state index contributed by atoms with van der Waals surface area (Å²) in [6.45, 7) is 1.76. The number of aliphatic carboxylic acids is 1. The van der Waals surface area contributed by atoms with Crippen LogP contribution >= 0.6 is 0 Å². The molecular formula is C17H26O3. The predicted octanol–water partition coefficient (Wildman–Crippen LogP) is 3.83. The first kappa shape index (κ1) is 15.3. The van der Waals surface area contributed by atoms with E-state index >= 15 is 0 Å². The first-order valence-electron chi connectivity index (χ1n) is 7.97. The van der Waals surface area contributed by atoms with E-state index in [2.05, 4.69) is 12.2 Å². The minimum Gasteiger partial charge on any atom is -0.481 e. The molecule has 0 radical (unpaired) electrons. The summed E-state index contributed by atoms with van der Waals surface area (Å²) >= 11 is 0. The smallest absolute Gasteiger partial charge is 0.303 e. The summed E-state index contributed by atoms with van der Waals surface area (Å²) in [5.74, 6) is 1.84. The van der Waals surface area contributed by atoms with Gasteiger partial charge >= 0.3 is 5.97 Å². The fourth-order valence-electron chi connectivity index (χ4n) is 4.29. The summed E-state index contributed by atoms with van der Waals surface area (Å²) in [5, 5.41) is 8.58. The van der Waals surface area contributed by atoms with Crippen molar-refractivity contribution in [2.24, 2.45) is 23.7 Å². The highest BCUT2D eigenvalue weighted by atomic mass is 16.4. The monoisotopic (exact) mass is 278 g/mol. The van der Waals surface area contributed by atoms with Gasteiger partial charge in [0.2, 0.25) is 0 Å². The Bertz CT molecular complexity index is 378. The SMILES string of the molecule is CC(=O)[C@H]1C2CCC(CC2)[C@@H]1CC=CCCCC(=O)O. The number of Topliss-reactive ketones (excluding diaryl/α,β-unsaturated/α-hetero) is 1. The van der Waals surface area contributed by atoms with Crippen molar-refractivity contribution in [3.8, 4) is 0 Å². The lowest BCUT2D eigenvalue weighted by Crippen LogP contribution is -2.43. The van der Waals surface area contributed by atoms with Gasteiger partial charge in [-0.15, -0.1) is 0 Å². The van der Waals surface area contributed by atoms with E-state index in [0.717, 1.165) is 18.8 Å². The maximum absolute atomic E-state index is 11.9. The van der Waals surface area contributed by atoms with Crippen LogP contribution in [0.2, 0.25) is 0 Å². The van der Waals surface area contributed by atoms with Crippen molar-refractivity contribution in [1.82, 2.24) is 0 Å². The van der Waals surface area contributed by atoms with Gasteiger partial charge < -0.3 is 5.11 Å². The number of unbranched alkanes of at least 4 members (excludes halogenated alkanes) is 1. The van der Waals surface area contributed by atoms with E-state index in [1.807, 2.05) is 0 Å². The predicted molar refractivity (Wildman–Crippen MR) is 78.4 cm³/mol. The Labute approximate surface area is 121 Å². The second kappa shape index (κ2) is 7.05. The van der Waals surface area contributed by atoms with Crippen molar-refractivity contribution in [2.45, 2.75) is 58.3 Å². The number of allylic oxidation sites excluding steroid dienone is 2. The molecule has 0 unspecified atom stereocenters. The van der Waals surface area contributed by atoms with Crippen LogP contribution in [0, 0.1) is 23.7 Å². The fraction of sp³-hybridized carbons (Fsp3) is 0.765. The van der Waals surface area contributed by atoms with E-state index < -0.39 is 5.97 Å². The van der Waals surface area contributed by atoms with Crippen molar-refractivity contribution in [2.75, 3.05) is 0 Å². The quantitative estimate of drug-likeness (QED) is 0.569. The molecule has 3 aliphatic rings. The minimum atomic E-state index is -0.723. The number of hydrogen-bond acceptors (Lipinski definition) is 2. The molecule has 0 spiro atoms. The third kappa shape index (κ3) is 3.71. The Balaban J connectivity index is 1.82. The van der Waals surface area contributed by atoms with Gasteiger partial charge in [0, 0.05) is 12.3 Å². The molecule has 2 atom stereocenters. The molecule has 3 fully saturated rings. The number of rotatable bonds is 7. The third-order valence-corrected chi connectivity index (χ3v) is 5.20. The van der Waals surface area contributed by atoms with Crippen LogP contribution in [-0.4, -0.2) is 16.9 Å². The van der Waals surface area contributed by atoms with Crippen molar-refractivity contribution in [1.29, 1.82) is 0 Å². The summed E-state index contributed by atoms with van der Waals surface area (Å²) in [4.78, 5) is 22.3. The first-order chi connectivity index (χ1) is 9.59. The number of ketones is 1. The average Bonchev–Trinajstić information content (AvgIpc) is 2.43. The summed E-state index contributed by atoms with van der Waals surface area (Å²) in [6.07, 6.45) is 12.1. The minimum absolute atomic E-state index is 0.245. The van der Waals surface area contributed by atoms with Crippen molar-refractivity contribution in [3.05, 3.63) is 12.2 Å². The summed E-state index contributed by atoms with van der Waals surface area (Å²) < 4.78 is 0. The second-order valence-electron chi connectivity index (χ2n) is 6.47. The lowest BCUT2D eigenvalue weighted by Gasteiger charge is -2.47. The Morgan fingerprint density at radius 1 is 1.10 bits per heavy atom. The molecule has 3 aliphatic carbocycles. The number of carboxylic acids is 1. The van der Waals surface area contributed by atoms with Gasteiger partial charge in [0.05, 0.1) is 0 Å². The van der Waals surface area contributed by atoms with E-state index in [9.17, 15) is 9.59 Å². The Kier molecular flexibility index (Phi) is 5.38. The summed E-state index contributed by atoms with van der Waals surface area (Å²) in [6, 6.07) is 0. The van der Waals surface area contributed by atoms with Crippen LogP contribution in [0.15, 0.2) is 12.2 Å². The lowest BCUT2D eigenvalue weighted by molar-refractivity contribution is -0.137. The highest BCUT2D eigenvalue weighted by Crippen LogP contribution is 2.50. The standard InChI is InChI=1S/C17H26O3/c1-12(18)17-14-10-8-13(9-11-14)15(17)6-4-2-3-5-7-16(19)20/h2,4,13-15,17H,3,5-11H2,1H3,(H,19,20)/t13?,14?,15-,17-/m0/s1. The van der Waals surface area contributed by atoms with Gasteiger partial charge in [-0.05, 0) is 69.6 Å². The molecule has 0 amide bonds. The molecule has 20 heavy (non-hydrogen) atoms. The first-order valence-corrected chi connectivity index (χ1v) is 7.97. The van der Waals surface area contributed by atoms with Gasteiger partial charge in [0.15, 0.2) is 0 Å². The molecule has 3 saturated carbocycles. The highest BCUT2D eigenvalue weighted by molar-refractivity contribution is 5.79. The second-order valence-corrected chi connectivity index (χ2v) is 6.47. The van der Waals surface area contributed by atoms with Crippen LogP contribution in [-0.2, 0) is 9.59 Å². The normalized spacial score (nSPS) is 32.6. The molecule has 0 saturated heterocycles. The van der Waals surface area contributed by atoms with Crippen molar-refractivity contribution >= 4 is 11.8 Å². The van der Waals surface area contributed by atoms with Gasteiger partial charge in [-0.1, -0.05) is 12.2 Å². The molecule has 0 aromatic carbocycles. The van der Waals surface area contributed by atoms with Gasteiger partial charge in [0.1, 0.15) is 5.78 Å². The Hall–Kier alpha value is -1.12. The molecule has 0 aromatic rings. The molecule has 1 N–H and O–H groups in total. The number of carboxylic acid groups (broad SMARTS) is 1. The van der Waals surface area contributed by atoms with Crippen LogP contribution in [0.4, 0.5) is 0 Å². The van der Waals surface area contributed by atoms with Gasteiger partial charge in [-0.25, -0.2) is 0 Å². The molecule has 3 heteroatoms. The van der Waals surface area contributed by atoms with E-state index in [1.165, 1.54) is 25.7 Å². The maximum atomic E-state index is 11.9. The number of hydrogen-bond donors (Lipinski definition) is 1. The Morgan fingerprint density at radius 3 is 2.35 bits per heavy atom. The van der Waals surface area contributed by atoms with Gasteiger partial charge in [-0.2, -0.15) is 0 Å². The molecule has 3 nitrogen and oxygen atoms in total. The Morgan fingerprint density at radius 2 is 1.75 bits per heavy atom. The van der Waals surface area contributed by atoms with Crippen molar-refractivity contribution in [3.63, 3.8) is 0 Å². The van der Waals surface area contributed by atoms with E-state index in [4.69, 9.17) is 5.11 Å². The summed E-state index contributed by atoms with van der Waals surface area (Å²) in [5.41, 5.74) is 0. The molecular weight excluding hydrogens is 252 g/mol. The zero-order valence-corrected chi connectivity index (χ0v) is 12.4. The van der Waals surface area contributed by atoms with E-state index in [0.29, 0.717) is 24.0 Å². The average molecular weight is 278 g/mol. The van der Waals surface area contributed by atoms with Crippen molar-refractivity contribution < 1.29 is 14.7 Å². The molecule has 0 aliphatic heterocycles. The zero-order valence-electron chi connectivity index (χ0n) is 12.4.